The zero-order valence-electron chi connectivity index (χ0n) is 9.03. The van der Waals surface area contributed by atoms with Gasteiger partial charge in [0.25, 0.3) is 0 Å². The van der Waals surface area contributed by atoms with Gasteiger partial charge in [0.1, 0.15) is 6.33 Å². The molecule has 0 fully saturated rings. The Balaban J connectivity index is 2.08. The SMILES string of the molecule is CC(C)CNCCSc1ncnn1C. The number of hydrogen-bond donors (Lipinski definition) is 1. The Hall–Kier alpha value is -0.550. The highest BCUT2D eigenvalue weighted by Crippen LogP contribution is 2.11. The molecule has 1 aromatic heterocycles. The number of nitrogens with one attached hydrogen (secondary N) is 1. The van der Waals surface area contributed by atoms with Crippen molar-refractivity contribution in [2.45, 2.75) is 19.0 Å². The number of rotatable bonds is 6. The minimum absolute atomic E-state index is 0.717. The van der Waals surface area contributed by atoms with Crippen LogP contribution in [0.3, 0.4) is 0 Å². The highest BCUT2D eigenvalue weighted by molar-refractivity contribution is 7.99. The van der Waals surface area contributed by atoms with E-state index in [4.69, 9.17) is 0 Å². The zero-order valence-corrected chi connectivity index (χ0v) is 9.84. The third-order valence-electron chi connectivity index (χ3n) is 1.73. The van der Waals surface area contributed by atoms with Crippen LogP contribution in [0.1, 0.15) is 13.8 Å². The molecule has 0 saturated carbocycles. The van der Waals surface area contributed by atoms with Crippen LogP contribution >= 0.6 is 11.8 Å². The molecule has 1 heterocycles. The van der Waals surface area contributed by atoms with Gasteiger partial charge in [-0.05, 0) is 12.5 Å². The van der Waals surface area contributed by atoms with Crippen LogP contribution in [0.25, 0.3) is 0 Å². The predicted molar refractivity (Wildman–Crippen MR) is 59.4 cm³/mol. The van der Waals surface area contributed by atoms with Gasteiger partial charge in [0.05, 0.1) is 0 Å². The van der Waals surface area contributed by atoms with Crippen LogP contribution in [0.4, 0.5) is 0 Å². The summed E-state index contributed by atoms with van der Waals surface area (Å²) in [7, 11) is 1.91. The summed E-state index contributed by atoms with van der Waals surface area (Å²) >= 11 is 1.73. The molecule has 80 valence electrons. The van der Waals surface area contributed by atoms with Gasteiger partial charge in [-0.25, -0.2) is 9.67 Å². The second-order valence-electron chi connectivity index (χ2n) is 3.61. The molecule has 0 radical (unpaired) electrons. The summed E-state index contributed by atoms with van der Waals surface area (Å²) in [5.74, 6) is 1.76. The van der Waals surface area contributed by atoms with Crippen LogP contribution in [-0.2, 0) is 7.05 Å². The second kappa shape index (κ2) is 6.03. The van der Waals surface area contributed by atoms with E-state index >= 15 is 0 Å². The maximum atomic E-state index is 4.14. The quantitative estimate of drug-likeness (QED) is 0.570. The molecule has 1 aromatic rings. The fraction of sp³-hybridized carbons (Fsp3) is 0.778. The summed E-state index contributed by atoms with van der Waals surface area (Å²) < 4.78 is 1.80. The number of hydrogen-bond acceptors (Lipinski definition) is 4. The maximum Gasteiger partial charge on any atom is 0.185 e. The van der Waals surface area contributed by atoms with Gasteiger partial charge in [0.15, 0.2) is 5.16 Å². The molecule has 0 spiro atoms. The predicted octanol–water partition coefficient (Wildman–Crippen LogP) is 1.15. The van der Waals surface area contributed by atoms with E-state index in [1.165, 1.54) is 0 Å². The van der Waals surface area contributed by atoms with Crippen LogP contribution in [0.2, 0.25) is 0 Å². The summed E-state index contributed by atoms with van der Waals surface area (Å²) in [4.78, 5) is 4.14. The van der Waals surface area contributed by atoms with E-state index in [-0.39, 0.29) is 0 Å². The monoisotopic (exact) mass is 214 g/mol. The molecule has 4 nitrogen and oxygen atoms in total. The van der Waals surface area contributed by atoms with Gasteiger partial charge in [0.2, 0.25) is 0 Å². The van der Waals surface area contributed by atoms with Crippen molar-refractivity contribution in [1.82, 2.24) is 20.1 Å². The van der Waals surface area contributed by atoms with Crippen LogP contribution in [-0.4, -0.2) is 33.6 Å². The molecule has 0 bridgehead atoms. The Morgan fingerprint density at radius 1 is 1.57 bits per heavy atom. The van der Waals surface area contributed by atoms with Gasteiger partial charge in [-0.15, -0.1) is 0 Å². The molecule has 0 aliphatic rings. The number of aromatic nitrogens is 3. The molecule has 0 atom stereocenters. The first-order valence-electron chi connectivity index (χ1n) is 4.87. The summed E-state index contributed by atoms with van der Waals surface area (Å²) in [6.07, 6.45) is 1.59. The van der Waals surface area contributed by atoms with Crippen molar-refractivity contribution in [3.8, 4) is 0 Å². The van der Waals surface area contributed by atoms with Gasteiger partial charge in [-0.3, -0.25) is 0 Å². The van der Waals surface area contributed by atoms with E-state index < -0.39 is 0 Å². The number of nitrogens with zero attached hydrogens (tertiary/aromatic N) is 3. The third kappa shape index (κ3) is 4.11. The van der Waals surface area contributed by atoms with Crippen LogP contribution in [0.15, 0.2) is 11.5 Å². The lowest BCUT2D eigenvalue weighted by atomic mass is 10.2. The van der Waals surface area contributed by atoms with Gasteiger partial charge >= 0.3 is 0 Å². The standard InChI is InChI=1S/C9H18N4S/c1-8(2)6-10-4-5-14-9-11-7-12-13(9)3/h7-8,10H,4-6H2,1-3H3. The van der Waals surface area contributed by atoms with Crippen molar-refractivity contribution in [3.63, 3.8) is 0 Å². The minimum atomic E-state index is 0.717. The Labute approximate surface area is 89.5 Å². The van der Waals surface area contributed by atoms with Gasteiger partial charge in [0, 0.05) is 19.3 Å². The van der Waals surface area contributed by atoms with Gasteiger partial charge in [-0.1, -0.05) is 25.6 Å². The number of aryl methyl sites for hydroxylation is 1. The van der Waals surface area contributed by atoms with Gasteiger partial charge < -0.3 is 5.32 Å². The Morgan fingerprint density at radius 2 is 2.36 bits per heavy atom. The lowest BCUT2D eigenvalue weighted by molar-refractivity contribution is 0.568. The van der Waals surface area contributed by atoms with E-state index in [2.05, 4.69) is 29.2 Å². The lowest BCUT2D eigenvalue weighted by Crippen LogP contribution is -2.22. The van der Waals surface area contributed by atoms with E-state index in [9.17, 15) is 0 Å². The molecule has 1 rings (SSSR count). The molecule has 0 aliphatic heterocycles. The molecular weight excluding hydrogens is 196 g/mol. The van der Waals surface area contributed by atoms with E-state index in [0.29, 0.717) is 0 Å². The molecule has 0 unspecified atom stereocenters. The van der Waals surface area contributed by atoms with Crippen molar-refractivity contribution in [1.29, 1.82) is 0 Å². The van der Waals surface area contributed by atoms with Crippen LogP contribution in [0, 0.1) is 5.92 Å². The van der Waals surface area contributed by atoms with E-state index in [1.54, 1.807) is 22.8 Å². The lowest BCUT2D eigenvalue weighted by Gasteiger charge is -2.06. The molecular formula is C9H18N4S. The summed E-state index contributed by atoms with van der Waals surface area (Å²) in [6, 6.07) is 0. The van der Waals surface area contributed by atoms with Crippen LogP contribution in [0.5, 0.6) is 0 Å². The molecule has 0 aliphatic carbocycles. The average molecular weight is 214 g/mol. The smallest absolute Gasteiger partial charge is 0.185 e. The molecule has 5 heteroatoms. The van der Waals surface area contributed by atoms with E-state index in [0.717, 1.165) is 29.9 Å². The Kier molecular flexibility index (Phi) is 4.97. The summed E-state index contributed by atoms with van der Waals surface area (Å²) in [5.41, 5.74) is 0. The highest BCUT2D eigenvalue weighted by atomic mass is 32.2. The van der Waals surface area contributed by atoms with Crippen molar-refractivity contribution in [3.05, 3.63) is 6.33 Å². The maximum absolute atomic E-state index is 4.14. The first-order valence-corrected chi connectivity index (χ1v) is 5.86. The molecule has 0 aromatic carbocycles. The van der Waals surface area contributed by atoms with Crippen molar-refractivity contribution in [2.24, 2.45) is 13.0 Å². The van der Waals surface area contributed by atoms with Gasteiger partial charge in [-0.2, -0.15) is 5.10 Å². The highest BCUT2D eigenvalue weighted by Gasteiger charge is 2.00. The van der Waals surface area contributed by atoms with Crippen molar-refractivity contribution >= 4 is 11.8 Å². The van der Waals surface area contributed by atoms with Crippen molar-refractivity contribution in [2.75, 3.05) is 18.8 Å². The average Bonchev–Trinajstić information content (AvgIpc) is 2.51. The second-order valence-corrected chi connectivity index (χ2v) is 4.67. The zero-order chi connectivity index (χ0) is 10.4. The largest absolute Gasteiger partial charge is 0.316 e. The molecule has 14 heavy (non-hydrogen) atoms. The first-order chi connectivity index (χ1) is 6.70. The fourth-order valence-corrected chi connectivity index (χ4v) is 1.81. The third-order valence-corrected chi connectivity index (χ3v) is 2.77. The van der Waals surface area contributed by atoms with E-state index in [1.807, 2.05) is 7.05 Å². The Bertz CT molecular complexity index is 259. The summed E-state index contributed by atoms with van der Waals surface area (Å²) in [6.45, 7) is 6.53. The topological polar surface area (TPSA) is 42.7 Å². The number of thioether (sulfide) groups is 1. The normalized spacial score (nSPS) is 11.1. The Morgan fingerprint density at radius 3 is 2.93 bits per heavy atom. The fourth-order valence-electron chi connectivity index (χ4n) is 1.02. The first kappa shape index (κ1) is 11.5. The summed E-state index contributed by atoms with van der Waals surface area (Å²) in [5, 5.41) is 8.38. The molecule has 0 saturated heterocycles. The van der Waals surface area contributed by atoms with Crippen molar-refractivity contribution < 1.29 is 0 Å². The molecule has 1 N–H and O–H groups in total. The molecule has 0 amide bonds. The van der Waals surface area contributed by atoms with Crippen LogP contribution < -0.4 is 5.32 Å². The minimum Gasteiger partial charge on any atom is -0.316 e.